The van der Waals surface area contributed by atoms with Gasteiger partial charge in [0.25, 0.3) is 5.91 Å². The van der Waals surface area contributed by atoms with Crippen molar-refractivity contribution in [1.29, 1.82) is 0 Å². The number of fused-ring (bicyclic) bond motifs is 1. The van der Waals surface area contributed by atoms with Crippen LogP contribution in [0.5, 0.6) is 5.75 Å². The van der Waals surface area contributed by atoms with Crippen LogP contribution in [-0.2, 0) is 4.79 Å². The molecule has 0 aliphatic carbocycles. The van der Waals surface area contributed by atoms with Gasteiger partial charge in [-0.3, -0.25) is 10.1 Å². The predicted molar refractivity (Wildman–Crippen MR) is 107 cm³/mol. The van der Waals surface area contributed by atoms with E-state index in [9.17, 15) is 9.59 Å². The molecule has 1 aromatic carbocycles. The van der Waals surface area contributed by atoms with Gasteiger partial charge in [0.1, 0.15) is 11.3 Å². The minimum absolute atomic E-state index is 0.171. The quantitative estimate of drug-likeness (QED) is 0.507. The normalized spacial score (nSPS) is 10.9. The van der Waals surface area contributed by atoms with Gasteiger partial charge < -0.3 is 9.15 Å². The fourth-order valence-electron chi connectivity index (χ4n) is 2.57. The summed E-state index contributed by atoms with van der Waals surface area (Å²) < 4.78 is 10.7. The van der Waals surface area contributed by atoms with Crippen molar-refractivity contribution < 1.29 is 13.9 Å². The Morgan fingerprint density at radius 3 is 2.96 bits per heavy atom. The van der Waals surface area contributed by atoms with Gasteiger partial charge in [-0.1, -0.05) is 6.07 Å². The van der Waals surface area contributed by atoms with Gasteiger partial charge in [-0.15, -0.1) is 22.7 Å². The number of hydrogen-bond donors (Lipinski definition) is 1. The van der Waals surface area contributed by atoms with Crippen LogP contribution >= 0.6 is 22.7 Å². The van der Waals surface area contributed by atoms with E-state index in [4.69, 9.17) is 9.15 Å². The molecule has 4 rings (SSSR count). The van der Waals surface area contributed by atoms with Gasteiger partial charge in [-0.05, 0) is 36.1 Å². The Morgan fingerprint density at radius 1 is 1.26 bits per heavy atom. The molecule has 4 aromatic rings. The molecule has 0 aliphatic heterocycles. The average Bonchev–Trinajstić information content (AvgIpc) is 3.31. The zero-order valence-electron chi connectivity index (χ0n) is 14.2. The Labute approximate surface area is 162 Å². The third-order valence-electron chi connectivity index (χ3n) is 3.82. The summed E-state index contributed by atoms with van der Waals surface area (Å²) in [5.41, 5.74) is 1.68. The maximum absolute atomic E-state index is 12.1. The maximum atomic E-state index is 12.1. The fourth-order valence-corrected chi connectivity index (χ4v) is 4.06. The summed E-state index contributed by atoms with van der Waals surface area (Å²) in [6, 6.07) is 10.5. The van der Waals surface area contributed by atoms with Crippen molar-refractivity contribution in [3.63, 3.8) is 0 Å². The van der Waals surface area contributed by atoms with Crippen molar-refractivity contribution in [2.45, 2.75) is 6.92 Å². The SMILES string of the molecule is Cc1cc(=O)oc2cc(OCC(=O)Nc3nc(-c4cccs4)cs3)ccc12. The highest BCUT2D eigenvalue weighted by atomic mass is 32.1. The summed E-state index contributed by atoms with van der Waals surface area (Å²) in [6.45, 7) is 1.67. The van der Waals surface area contributed by atoms with Gasteiger partial charge in [0, 0.05) is 22.9 Å². The lowest BCUT2D eigenvalue weighted by Gasteiger charge is -2.07. The smallest absolute Gasteiger partial charge is 0.336 e. The van der Waals surface area contributed by atoms with Crippen LogP contribution in [0.25, 0.3) is 21.5 Å². The highest BCUT2D eigenvalue weighted by Gasteiger charge is 2.10. The second-order valence-electron chi connectivity index (χ2n) is 5.76. The highest BCUT2D eigenvalue weighted by molar-refractivity contribution is 7.16. The summed E-state index contributed by atoms with van der Waals surface area (Å²) in [5, 5.41) is 7.95. The van der Waals surface area contributed by atoms with Crippen LogP contribution in [-0.4, -0.2) is 17.5 Å². The number of aromatic nitrogens is 1. The Morgan fingerprint density at radius 2 is 2.15 bits per heavy atom. The molecule has 0 bridgehead atoms. The number of nitrogens with zero attached hydrogens (tertiary/aromatic N) is 1. The molecular weight excluding hydrogens is 384 g/mol. The minimum Gasteiger partial charge on any atom is -0.484 e. The molecule has 0 spiro atoms. The summed E-state index contributed by atoms with van der Waals surface area (Å²) in [6.07, 6.45) is 0. The Bertz CT molecular complexity index is 1160. The first-order valence-corrected chi connectivity index (χ1v) is 9.81. The van der Waals surface area contributed by atoms with Crippen molar-refractivity contribution in [2.75, 3.05) is 11.9 Å². The first-order valence-electron chi connectivity index (χ1n) is 8.05. The van der Waals surface area contributed by atoms with Crippen LogP contribution in [0.4, 0.5) is 5.13 Å². The average molecular weight is 398 g/mol. The van der Waals surface area contributed by atoms with Crippen LogP contribution < -0.4 is 15.7 Å². The number of amides is 1. The van der Waals surface area contributed by atoms with Gasteiger partial charge in [0.15, 0.2) is 11.7 Å². The lowest BCUT2D eigenvalue weighted by atomic mass is 10.1. The van der Waals surface area contributed by atoms with E-state index in [1.807, 2.05) is 29.8 Å². The number of thiazole rings is 1. The van der Waals surface area contributed by atoms with Crippen molar-refractivity contribution in [2.24, 2.45) is 0 Å². The van der Waals surface area contributed by atoms with Crippen LogP contribution in [0.3, 0.4) is 0 Å². The van der Waals surface area contributed by atoms with Gasteiger partial charge >= 0.3 is 5.63 Å². The van der Waals surface area contributed by atoms with E-state index in [1.54, 1.807) is 29.5 Å². The van der Waals surface area contributed by atoms with Gasteiger partial charge in [0.05, 0.1) is 10.6 Å². The fraction of sp³-hybridized carbons (Fsp3) is 0.105. The second-order valence-corrected chi connectivity index (χ2v) is 7.56. The van der Waals surface area contributed by atoms with Crippen molar-refractivity contribution in [3.05, 3.63) is 63.1 Å². The van der Waals surface area contributed by atoms with E-state index in [1.165, 1.54) is 17.4 Å². The molecule has 0 saturated heterocycles. The molecule has 27 heavy (non-hydrogen) atoms. The number of rotatable bonds is 5. The van der Waals surface area contributed by atoms with E-state index >= 15 is 0 Å². The van der Waals surface area contributed by atoms with Gasteiger partial charge in [-0.2, -0.15) is 0 Å². The van der Waals surface area contributed by atoms with E-state index in [2.05, 4.69) is 10.3 Å². The van der Waals surface area contributed by atoms with Gasteiger partial charge in [0.2, 0.25) is 0 Å². The molecule has 136 valence electrons. The molecule has 0 saturated carbocycles. The molecule has 3 heterocycles. The molecule has 1 amide bonds. The summed E-state index contributed by atoms with van der Waals surface area (Å²) in [7, 11) is 0. The van der Waals surface area contributed by atoms with E-state index in [0.29, 0.717) is 16.5 Å². The first kappa shape index (κ1) is 17.4. The number of hydrogen-bond acceptors (Lipinski definition) is 7. The number of anilines is 1. The number of thiophene rings is 1. The minimum atomic E-state index is -0.416. The number of nitrogens with one attached hydrogen (secondary N) is 1. The third-order valence-corrected chi connectivity index (χ3v) is 5.47. The zero-order chi connectivity index (χ0) is 18.8. The molecule has 0 fully saturated rings. The summed E-state index contributed by atoms with van der Waals surface area (Å²) >= 11 is 2.96. The molecule has 6 nitrogen and oxygen atoms in total. The van der Waals surface area contributed by atoms with Gasteiger partial charge in [-0.25, -0.2) is 9.78 Å². The molecule has 0 unspecified atom stereocenters. The molecule has 3 aromatic heterocycles. The van der Waals surface area contributed by atoms with Crippen LogP contribution in [0, 0.1) is 6.92 Å². The number of carbonyl (C=O) groups excluding carboxylic acids is 1. The summed E-state index contributed by atoms with van der Waals surface area (Å²) in [4.78, 5) is 29.1. The Balaban J connectivity index is 1.40. The molecule has 0 radical (unpaired) electrons. The van der Waals surface area contributed by atoms with Crippen molar-refractivity contribution >= 4 is 44.7 Å². The maximum Gasteiger partial charge on any atom is 0.336 e. The third kappa shape index (κ3) is 3.91. The molecule has 8 heteroatoms. The van der Waals surface area contributed by atoms with Crippen LogP contribution in [0.15, 0.2) is 56.4 Å². The predicted octanol–water partition coefficient (Wildman–Crippen LogP) is 4.30. The largest absolute Gasteiger partial charge is 0.484 e. The lowest BCUT2D eigenvalue weighted by Crippen LogP contribution is -2.20. The molecule has 1 N–H and O–H groups in total. The summed E-state index contributed by atoms with van der Waals surface area (Å²) in [5.74, 6) is 0.137. The first-order chi connectivity index (χ1) is 13.1. The lowest BCUT2D eigenvalue weighted by molar-refractivity contribution is -0.118. The topological polar surface area (TPSA) is 81.4 Å². The van der Waals surface area contributed by atoms with Crippen LogP contribution in [0.2, 0.25) is 0 Å². The number of ether oxygens (including phenoxy) is 1. The Hall–Kier alpha value is -2.97. The highest BCUT2D eigenvalue weighted by Crippen LogP contribution is 2.28. The number of carbonyl (C=O) groups is 1. The molecular formula is C19H14N2O4S2. The van der Waals surface area contributed by atoms with Crippen LogP contribution in [0.1, 0.15) is 5.56 Å². The number of benzene rings is 1. The number of aryl methyl sites for hydroxylation is 1. The Kier molecular flexibility index (Phi) is 4.74. The van der Waals surface area contributed by atoms with E-state index < -0.39 is 5.63 Å². The standard InChI is InChI=1S/C19H14N2O4S2/c1-11-7-18(23)25-15-8-12(4-5-13(11)15)24-9-17(22)21-19-20-14(10-27-19)16-3-2-6-26-16/h2-8,10H,9H2,1H3,(H,20,21,22). The van der Waals surface area contributed by atoms with Crippen molar-refractivity contribution in [3.8, 4) is 16.3 Å². The van der Waals surface area contributed by atoms with Crippen molar-refractivity contribution in [1.82, 2.24) is 4.98 Å². The zero-order valence-corrected chi connectivity index (χ0v) is 15.9. The monoisotopic (exact) mass is 398 g/mol. The van der Waals surface area contributed by atoms with E-state index in [-0.39, 0.29) is 12.5 Å². The molecule has 0 aliphatic rings. The molecule has 0 atom stereocenters. The van der Waals surface area contributed by atoms with E-state index in [0.717, 1.165) is 21.5 Å². The second kappa shape index (κ2) is 7.34.